The van der Waals surface area contributed by atoms with Crippen molar-refractivity contribution in [2.75, 3.05) is 42.9 Å². The van der Waals surface area contributed by atoms with Gasteiger partial charge < -0.3 is 19.1 Å². The fourth-order valence-electron chi connectivity index (χ4n) is 4.20. The standard InChI is InChI=1S/C27H29N7O3/c1-27(2,3)22-16-23(34(31-22)19-8-5-4-6-9-19)30-24(35)18-32-11-13-33(14-12-32)26-20(17-28)29-25(37-26)21-10-7-15-36-21/h4-10,15-16H,11-14,18H2,1-3H3,(H,30,35). The molecule has 3 aromatic heterocycles. The molecule has 1 amide bonds. The van der Waals surface area contributed by atoms with Gasteiger partial charge >= 0.3 is 0 Å². The first kappa shape index (κ1) is 24.3. The van der Waals surface area contributed by atoms with E-state index >= 15 is 0 Å². The number of amides is 1. The number of aromatic nitrogens is 3. The number of furan rings is 1. The quantitative estimate of drug-likeness (QED) is 0.422. The van der Waals surface area contributed by atoms with Crippen molar-refractivity contribution in [1.82, 2.24) is 19.7 Å². The molecule has 4 heterocycles. The zero-order valence-corrected chi connectivity index (χ0v) is 21.1. The van der Waals surface area contributed by atoms with E-state index in [2.05, 4.69) is 42.0 Å². The molecule has 10 nitrogen and oxygen atoms in total. The Labute approximate surface area is 215 Å². The molecule has 0 unspecified atom stereocenters. The Morgan fingerprint density at radius 3 is 2.51 bits per heavy atom. The molecule has 4 aromatic rings. The Balaban J connectivity index is 1.23. The van der Waals surface area contributed by atoms with Crippen molar-refractivity contribution in [3.63, 3.8) is 0 Å². The highest BCUT2D eigenvalue weighted by Gasteiger charge is 2.27. The van der Waals surface area contributed by atoms with Crippen molar-refractivity contribution in [2.24, 2.45) is 0 Å². The largest absolute Gasteiger partial charge is 0.459 e. The Hall–Kier alpha value is -4.36. The number of anilines is 2. The second-order valence-electron chi connectivity index (χ2n) is 9.99. The van der Waals surface area contributed by atoms with E-state index in [0.29, 0.717) is 43.6 Å². The number of oxazole rings is 1. The van der Waals surface area contributed by atoms with Crippen LogP contribution < -0.4 is 10.2 Å². The molecular weight excluding hydrogens is 470 g/mol. The molecule has 10 heteroatoms. The molecule has 1 aliphatic rings. The summed E-state index contributed by atoms with van der Waals surface area (Å²) in [7, 11) is 0. The van der Waals surface area contributed by atoms with Crippen molar-refractivity contribution in [2.45, 2.75) is 26.2 Å². The maximum absolute atomic E-state index is 13.0. The average Bonchev–Trinajstić information content (AvgIpc) is 3.64. The second kappa shape index (κ2) is 9.95. The lowest BCUT2D eigenvalue weighted by Gasteiger charge is -2.33. The smallest absolute Gasteiger partial charge is 0.266 e. The summed E-state index contributed by atoms with van der Waals surface area (Å²) in [4.78, 5) is 21.3. The fraction of sp³-hybridized carbons (Fsp3) is 0.333. The number of carbonyl (C=O) groups excluding carboxylic acids is 1. The maximum atomic E-state index is 13.0. The Morgan fingerprint density at radius 2 is 1.86 bits per heavy atom. The number of hydrogen-bond donors (Lipinski definition) is 1. The van der Waals surface area contributed by atoms with E-state index < -0.39 is 0 Å². The number of nitriles is 1. The summed E-state index contributed by atoms with van der Waals surface area (Å²) in [5.74, 6) is 1.72. The summed E-state index contributed by atoms with van der Waals surface area (Å²) in [5.41, 5.74) is 1.85. The van der Waals surface area contributed by atoms with Crippen molar-refractivity contribution in [3.05, 3.63) is 66.2 Å². The van der Waals surface area contributed by atoms with Gasteiger partial charge in [0, 0.05) is 37.7 Å². The number of carbonyl (C=O) groups is 1. The van der Waals surface area contributed by atoms with Crippen LogP contribution >= 0.6 is 0 Å². The van der Waals surface area contributed by atoms with E-state index in [1.165, 1.54) is 6.26 Å². The molecule has 1 aromatic carbocycles. The number of benzene rings is 1. The fourth-order valence-corrected chi connectivity index (χ4v) is 4.20. The summed E-state index contributed by atoms with van der Waals surface area (Å²) < 4.78 is 13.0. The molecule has 5 rings (SSSR count). The van der Waals surface area contributed by atoms with Gasteiger partial charge in [-0.1, -0.05) is 39.0 Å². The maximum Gasteiger partial charge on any atom is 0.266 e. The van der Waals surface area contributed by atoms with Gasteiger partial charge in [0.2, 0.25) is 17.5 Å². The van der Waals surface area contributed by atoms with Crippen LogP contribution in [0.4, 0.5) is 11.7 Å². The first-order valence-corrected chi connectivity index (χ1v) is 12.2. The Bertz CT molecular complexity index is 1400. The van der Waals surface area contributed by atoms with E-state index in [9.17, 15) is 10.1 Å². The van der Waals surface area contributed by atoms with Crippen LogP contribution in [0.1, 0.15) is 32.2 Å². The van der Waals surface area contributed by atoms with Crippen LogP contribution in [0, 0.1) is 11.3 Å². The van der Waals surface area contributed by atoms with Crippen molar-refractivity contribution < 1.29 is 13.6 Å². The number of nitrogens with zero attached hydrogens (tertiary/aromatic N) is 6. The lowest BCUT2D eigenvalue weighted by Crippen LogP contribution is -2.48. The van der Waals surface area contributed by atoms with Crippen LogP contribution in [0.5, 0.6) is 0 Å². The zero-order chi connectivity index (χ0) is 26.0. The van der Waals surface area contributed by atoms with Crippen molar-refractivity contribution >= 4 is 17.6 Å². The zero-order valence-electron chi connectivity index (χ0n) is 21.1. The summed E-state index contributed by atoms with van der Waals surface area (Å²) in [6.07, 6.45) is 1.53. The van der Waals surface area contributed by atoms with Crippen LogP contribution in [-0.2, 0) is 10.2 Å². The molecule has 1 saturated heterocycles. The first-order valence-electron chi connectivity index (χ1n) is 12.2. The third kappa shape index (κ3) is 5.27. The molecule has 1 fully saturated rings. The molecule has 1 N–H and O–H groups in total. The lowest BCUT2D eigenvalue weighted by molar-refractivity contribution is -0.117. The molecule has 0 bridgehead atoms. The topological polar surface area (TPSA) is 116 Å². The minimum atomic E-state index is -0.157. The summed E-state index contributed by atoms with van der Waals surface area (Å²) in [6.45, 7) is 9.02. The van der Waals surface area contributed by atoms with E-state index in [1.807, 2.05) is 41.3 Å². The highest BCUT2D eigenvalue weighted by atomic mass is 16.4. The highest BCUT2D eigenvalue weighted by Crippen LogP contribution is 2.29. The highest BCUT2D eigenvalue weighted by molar-refractivity contribution is 5.91. The molecule has 190 valence electrons. The van der Waals surface area contributed by atoms with E-state index in [4.69, 9.17) is 13.9 Å². The number of piperazine rings is 1. The normalized spacial score (nSPS) is 14.5. The first-order chi connectivity index (χ1) is 17.8. The predicted molar refractivity (Wildman–Crippen MR) is 138 cm³/mol. The summed E-state index contributed by atoms with van der Waals surface area (Å²) >= 11 is 0. The van der Waals surface area contributed by atoms with E-state index in [0.717, 1.165) is 11.4 Å². The molecule has 0 radical (unpaired) electrons. The molecule has 0 spiro atoms. The third-order valence-corrected chi connectivity index (χ3v) is 6.22. The molecule has 1 aliphatic heterocycles. The summed E-state index contributed by atoms with van der Waals surface area (Å²) in [6, 6.07) is 17.3. The SMILES string of the molecule is CC(C)(C)c1cc(NC(=O)CN2CCN(c3oc(-c4ccco4)nc3C#N)CC2)n(-c2ccccc2)n1. The third-order valence-electron chi connectivity index (χ3n) is 6.22. The lowest BCUT2D eigenvalue weighted by atomic mass is 9.92. The van der Waals surface area contributed by atoms with Gasteiger partial charge in [0.15, 0.2) is 5.76 Å². The van der Waals surface area contributed by atoms with Crippen LogP contribution in [0.2, 0.25) is 0 Å². The van der Waals surface area contributed by atoms with Crippen LogP contribution in [0.25, 0.3) is 17.3 Å². The number of hydrogen-bond acceptors (Lipinski definition) is 8. The molecule has 37 heavy (non-hydrogen) atoms. The van der Waals surface area contributed by atoms with Gasteiger partial charge in [-0.2, -0.15) is 15.3 Å². The number of para-hydroxylation sites is 1. The average molecular weight is 500 g/mol. The Morgan fingerprint density at radius 1 is 1.11 bits per heavy atom. The van der Waals surface area contributed by atoms with E-state index in [1.54, 1.807) is 16.8 Å². The van der Waals surface area contributed by atoms with Gasteiger partial charge in [0.05, 0.1) is 24.2 Å². The number of nitrogens with one attached hydrogen (secondary N) is 1. The van der Waals surface area contributed by atoms with Crippen LogP contribution in [0.3, 0.4) is 0 Å². The van der Waals surface area contributed by atoms with E-state index in [-0.39, 0.29) is 29.5 Å². The van der Waals surface area contributed by atoms with Gasteiger partial charge in [-0.05, 0) is 24.3 Å². The second-order valence-corrected chi connectivity index (χ2v) is 9.99. The minimum Gasteiger partial charge on any atom is -0.459 e. The Kier molecular flexibility index (Phi) is 6.54. The molecule has 0 saturated carbocycles. The van der Waals surface area contributed by atoms with Crippen LogP contribution in [0.15, 0.2) is 63.6 Å². The molecule has 0 atom stereocenters. The van der Waals surface area contributed by atoms with Crippen molar-refractivity contribution in [1.29, 1.82) is 5.26 Å². The van der Waals surface area contributed by atoms with Gasteiger partial charge in [0.1, 0.15) is 11.9 Å². The predicted octanol–water partition coefficient (Wildman–Crippen LogP) is 4.05. The molecule has 0 aliphatic carbocycles. The van der Waals surface area contributed by atoms with Crippen molar-refractivity contribution in [3.8, 4) is 23.4 Å². The summed E-state index contributed by atoms with van der Waals surface area (Å²) in [5, 5.41) is 17.3. The monoisotopic (exact) mass is 499 g/mol. The van der Waals surface area contributed by atoms with Gasteiger partial charge in [-0.25, -0.2) is 4.68 Å². The molecular formula is C27H29N7O3. The van der Waals surface area contributed by atoms with Gasteiger partial charge in [-0.15, -0.1) is 0 Å². The minimum absolute atomic E-state index is 0.108. The van der Waals surface area contributed by atoms with Crippen LogP contribution in [-0.4, -0.2) is 58.3 Å². The number of rotatable bonds is 6. The van der Waals surface area contributed by atoms with Gasteiger partial charge in [0.25, 0.3) is 5.89 Å². The van der Waals surface area contributed by atoms with Gasteiger partial charge in [-0.3, -0.25) is 9.69 Å².